The number of nitrogens with zero attached hydrogens (tertiary/aromatic N) is 3. The van der Waals surface area contributed by atoms with Crippen LogP contribution in [-0.2, 0) is 6.54 Å². The molecule has 0 saturated heterocycles. The number of anilines is 2. The van der Waals surface area contributed by atoms with Gasteiger partial charge in [0.25, 0.3) is 0 Å². The van der Waals surface area contributed by atoms with Crippen LogP contribution in [0.2, 0.25) is 0 Å². The van der Waals surface area contributed by atoms with E-state index in [1.165, 1.54) is 5.69 Å². The second-order valence-electron chi connectivity index (χ2n) is 5.45. The van der Waals surface area contributed by atoms with E-state index in [4.69, 9.17) is 4.52 Å². The molecule has 0 saturated carbocycles. The third-order valence-electron chi connectivity index (χ3n) is 3.69. The van der Waals surface area contributed by atoms with Crippen molar-refractivity contribution < 1.29 is 9.32 Å². The Labute approximate surface area is 137 Å². The van der Waals surface area contributed by atoms with Crippen molar-refractivity contribution in [3.8, 4) is 0 Å². The van der Waals surface area contributed by atoms with E-state index in [0.29, 0.717) is 18.1 Å². The van der Waals surface area contributed by atoms with Crippen molar-refractivity contribution in [2.75, 3.05) is 30.4 Å². The van der Waals surface area contributed by atoms with Crippen molar-refractivity contribution >= 4 is 17.5 Å². The van der Waals surface area contributed by atoms with E-state index in [9.17, 15) is 4.79 Å². The molecule has 1 N–H and O–H groups in total. The third-order valence-corrected chi connectivity index (χ3v) is 3.69. The van der Waals surface area contributed by atoms with Gasteiger partial charge in [-0.25, -0.2) is 4.79 Å². The van der Waals surface area contributed by atoms with Crippen molar-refractivity contribution in [1.82, 2.24) is 10.1 Å². The maximum atomic E-state index is 12.1. The molecule has 23 heavy (non-hydrogen) atoms. The van der Waals surface area contributed by atoms with Gasteiger partial charge in [-0.05, 0) is 38.5 Å². The SMILES string of the molecule is CCN(CC)c1ccc(CN(C)C(=O)Nc2cc(C)on2)cc1. The zero-order valence-electron chi connectivity index (χ0n) is 14.2. The van der Waals surface area contributed by atoms with E-state index >= 15 is 0 Å². The number of aromatic nitrogens is 1. The second kappa shape index (κ2) is 7.67. The van der Waals surface area contributed by atoms with Crippen molar-refractivity contribution in [2.24, 2.45) is 0 Å². The first-order chi connectivity index (χ1) is 11.0. The molecule has 0 fully saturated rings. The van der Waals surface area contributed by atoms with Gasteiger partial charge in [0.1, 0.15) is 5.76 Å². The highest BCUT2D eigenvalue weighted by molar-refractivity contribution is 5.88. The lowest BCUT2D eigenvalue weighted by atomic mass is 10.2. The standard InChI is InChI=1S/C17H24N4O2/c1-5-21(6-2)15-9-7-14(8-10-15)12-20(4)17(22)18-16-11-13(3)23-19-16/h7-11H,5-6,12H2,1-4H3,(H,18,19,22). The predicted molar refractivity (Wildman–Crippen MR) is 91.7 cm³/mol. The fraction of sp³-hybridized carbons (Fsp3) is 0.412. The lowest BCUT2D eigenvalue weighted by Crippen LogP contribution is -2.31. The topological polar surface area (TPSA) is 61.6 Å². The zero-order chi connectivity index (χ0) is 16.8. The van der Waals surface area contributed by atoms with E-state index < -0.39 is 0 Å². The Kier molecular flexibility index (Phi) is 5.62. The van der Waals surface area contributed by atoms with Crippen LogP contribution < -0.4 is 10.2 Å². The fourth-order valence-corrected chi connectivity index (χ4v) is 2.38. The Bertz CT molecular complexity index is 632. The molecule has 0 bridgehead atoms. The van der Waals surface area contributed by atoms with Crippen LogP contribution in [0.3, 0.4) is 0 Å². The van der Waals surface area contributed by atoms with Gasteiger partial charge >= 0.3 is 6.03 Å². The van der Waals surface area contributed by atoms with Crippen molar-refractivity contribution in [1.29, 1.82) is 0 Å². The predicted octanol–water partition coefficient (Wildman–Crippen LogP) is 3.49. The molecular formula is C17H24N4O2. The average molecular weight is 316 g/mol. The minimum atomic E-state index is -0.217. The van der Waals surface area contributed by atoms with Crippen LogP contribution in [0.15, 0.2) is 34.9 Å². The summed E-state index contributed by atoms with van der Waals surface area (Å²) in [5, 5.41) is 6.46. The summed E-state index contributed by atoms with van der Waals surface area (Å²) in [5.41, 5.74) is 2.28. The van der Waals surface area contributed by atoms with Crippen LogP contribution in [0.4, 0.5) is 16.3 Å². The molecule has 1 aromatic carbocycles. The van der Waals surface area contributed by atoms with Gasteiger partial charge in [-0.3, -0.25) is 5.32 Å². The Balaban J connectivity index is 1.94. The molecule has 2 rings (SSSR count). The first-order valence-electron chi connectivity index (χ1n) is 7.82. The summed E-state index contributed by atoms with van der Waals surface area (Å²) in [4.78, 5) is 16.0. The molecule has 0 unspecified atom stereocenters. The van der Waals surface area contributed by atoms with Gasteiger partial charge in [-0.2, -0.15) is 0 Å². The number of amides is 2. The molecule has 1 aromatic heterocycles. The van der Waals surface area contributed by atoms with Gasteiger partial charge in [0.2, 0.25) is 0 Å². The van der Waals surface area contributed by atoms with Crippen molar-refractivity contribution in [3.05, 3.63) is 41.7 Å². The van der Waals surface area contributed by atoms with Gasteiger partial charge < -0.3 is 14.3 Å². The van der Waals surface area contributed by atoms with E-state index in [0.717, 1.165) is 18.7 Å². The van der Waals surface area contributed by atoms with Crippen LogP contribution in [0.1, 0.15) is 25.2 Å². The highest BCUT2D eigenvalue weighted by atomic mass is 16.5. The molecule has 2 aromatic rings. The normalized spacial score (nSPS) is 10.4. The maximum Gasteiger partial charge on any atom is 0.323 e. The van der Waals surface area contributed by atoms with Crippen LogP contribution in [0.5, 0.6) is 0 Å². The lowest BCUT2D eigenvalue weighted by Gasteiger charge is -2.22. The summed E-state index contributed by atoms with van der Waals surface area (Å²) in [6.45, 7) is 8.55. The first-order valence-corrected chi connectivity index (χ1v) is 7.82. The van der Waals surface area contributed by atoms with Crippen LogP contribution >= 0.6 is 0 Å². The number of urea groups is 1. The largest absolute Gasteiger partial charge is 0.372 e. The maximum absolute atomic E-state index is 12.1. The first kappa shape index (κ1) is 16.9. The molecule has 0 aliphatic rings. The number of carbonyl (C=O) groups excluding carboxylic acids is 1. The Morgan fingerprint density at radius 2 is 1.87 bits per heavy atom. The Hall–Kier alpha value is -2.50. The lowest BCUT2D eigenvalue weighted by molar-refractivity contribution is 0.220. The summed E-state index contributed by atoms with van der Waals surface area (Å²) in [6, 6.07) is 9.76. The Morgan fingerprint density at radius 1 is 1.22 bits per heavy atom. The van der Waals surface area contributed by atoms with Gasteiger partial charge in [0.05, 0.1) is 0 Å². The summed E-state index contributed by atoms with van der Waals surface area (Å²) in [7, 11) is 1.75. The highest BCUT2D eigenvalue weighted by Gasteiger charge is 2.12. The number of aryl methyl sites for hydroxylation is 1. The van der Waals surface area contributed by atoms with Crippen molar-refractivity contribution in [2.45, 2.75) is 27.3 Å². The number of hydrogen-bond donors (Lipinski definition) is 1. The number of hydrogen-bond acceptors (Lipinski definition) is 4. The molecule has 6 nitrogen and oxygen atoms in total. The van der Waals surface area contributed by atoms with Crippen LogP contribution in [0, 0.1) is 6.92 Å². The van der Waals surface area contributed by atoms with E-state index in [1.54, 1.807) is 24.9 Å². The molecular weight excluding hydrogens is 292 g/mol. The number of rotatable bonds is 6. The molecule has 0 aliphatic heterocycles. The number of carbonyl (C=O) groups is 1. The average Bonchev–Trinajstić information content (AvgIpc) is 2.95. The fourth-order valence-electron chi connectivity index (χ4n) is 2.38. The summed E-state index contributed by atoms with van der Waals surface area (Å²) >= 11 is 0. The molecule has 0 radical (unpaired) electrons. The summed E-state index contributed by atoms with van der Waals surface area (Å²) in [5.74, 6) is 1.09. The van der Waals surface area contributed by atoms with Crippen molar-refractivity contribution in [3.63, 3.8) is 0 Å². The molecule has 124 valence electrons. The van der Waals surface area contributed by atoms with Gasteiger partial charge in [-0.15, -0.1) is 0 Å². The number of nitrogens with one attached hydrogen (secondary N) is 1. The monoisotopic (exact) mass is 316 g/mol. The summed E-state index contributed by atoms with van der Waals surface area (Å²) < 4.78 is 4.93. The second-order valence-corrected chi connectivity index (χ2v) is 5.45. The number of benzene rings is 1. The smallest absolute Gasteiger partial charge is 0.323 e. The van der Waals surface area contributed by atoms with Crippen LogP contribution in [0.25, 0.3) is 0 Å². The van der Waals surface area contributed by atoms with E-state index in [2.05, 4.69) is 53.5 Å². The minimum Gasteiger partial charge on any atom is -0.372 e. The van der Waals surface area contributed by atoms with Crippen LogP contribution in [-0.4, -0.2) is 36.2 Å². The zero-order valence-corrected chi connectivity index (χ0v) is 14.2. The molecule has 0 atom stereocenters. The van der Waals surface area contributed by atoms with Gasteiger partial charge in [0, 0.05) is 38.4 Å². The molecule has 0 spiro atoms. The van der Waals surface area contributed by atoms with E-state index in [1.807, 2.05) is 0 Å². The molecule has 1 heterocycles. The van der Waals surface area contributed by atoms with Gasteiger partial charge in [0.15, 0.2) is 5.82 Å². The quantitative estimate of drug-likeness (QED) is 0.886. The molecule has 6 heteroatoms. The van der Waals surface area contributed by atoms with Gasteiger partial charge in [-0.1, -0.05) is 17.3 Å². The molecule has 2 amide bonds. The Morgan fingerprint density at radius 3 is 2.39 bits per heavy atom. The minimum absolute atomic E-state index is 0.217. The summed E-state index contributed by atoms with van der Waals surface area (Å²) in [6.07, 6.45) is 0. The van der Waals surface area contributed by atoms with E-state index in [-0.39, 0.29) is 6.03 Å². The molecule has 0 aliphatic carbocycles. The highest BCUT2D eigenvalue weighted by Crippen LogP contribution is 2.16. The third kappa shape index (κ3) is 4.48.